The van der Waals surface area contributed by atoms with E-state index in [0.717, 1.165) is 52.4 Å². The quantitative estimate of drug-likeness (QED) is 0.576. The van der Waals surface area contributed by atoms with Gasteiger partial charge in [0.05, 0.1) is 17.2 Å². The van der Waals surface area contributed by atoms with E-state index in [1.807, 2.05) is 37.1 Å². The summed E-state index contributed by atoms with van der Waals surface area (Å²) in [5.41, 5.74) is 10.8. The fourth-order valence-electron chi connectivity index (χ4n) is 4.30. The second kappa shape index (κ2) is 6.52. The SMILES string of the molecule is Cc1nc2ncc(-c3ccn4nc(N(C)[C@H]5C[C@@H](N)C5)ncc34)cc2n1C(C)C. The number of anilines is 1. The molecule has 29 heavy (non-hydrogen) atoms. The third-order valence-electron chi connectivity index (χ3n) is 5.97. The highest BCUT2D eigenvalue weighted by atomic mass is 15.4. The van der Waals surface area contributed by atoms with Crippen molar-refractivity contribution in [1.82, 2.24) is 29.1 Å². The minimum absolute atomic E-state index is 0.301. The summed E-state index contributed by atoms with van der Waals surface area (Å²) >= 11 is 0. The largest absolute Gasteiger partial charge is 0.340 e. The Bertz CT molecular complexity index is 1200. The average molecular weight is 390 g/mol. The summed E-state index contributed by atoms with van der Waals surface area (Å²) in [5, 5.41) is 4.71. The monoisotopic (exact) mass is 390 g/mol. The average Bonchev–Trinajstić information content (AvgIpc) is 3.23. The second-order valence-electron chi connectivity index (χ2n) is 8.30. The van der Waals surface area contributed by atoms with Crippen molar-refractivity contribution in [3.8, 4) is 11.1 Å². The summed E-state index contributed by atoms with van der Waals surface area (Å²) in [6.07, 6.45) is 7.73. The summed E-state index contributed by atoms with van der Waals surface area (Å²) < 4.78 is 4.11. The van der Waals surface area contributed by atoms with Gasteiger partial charge in [0, 0.05) is 48.7 Å². The van der Waals surface area contributed by atoms with Gasteiger partial charge in [0.1, 0.15) is 5.82 Å². The van der Waals surface area contributed by atoms with Crippen LogP contribution >= 0.6 is 0 Å². The number of rotatable bonds is 4. The molecule has 8 heteroatoms. The molecule has 8 nitrogen and oxygen atoms in total. The Morgan fingerprint density at radius 3 is 2.69 bits per heavy atom. The zero-order valence-electron chi connectivity index (χ0n) is 17.2. The molecule has 4 heterocycles. The van der Waals surface area contributed by atoms with Crippen LogP contribution < -0.4 is 10.6 Å². The molecule has 1 fully saturated rings. The summed E-state index contributed by atoms with van der Waals surface area (Å²) in [6.45, 7) is 6.35. The molecule has 0 unspecified atom stereocenters. The van der Waals surface area contributed by atoms with E-state index in [2.05, 4.69) is 50.4 Å². The molecule has 0 spiro atoms. The molecule has 1 saturated carbocycles. The number of fused-ring (bicyclic) bond motifs is 2. The molecule has 5 rings (SSSR count). The van der Waals surface area contributed by atoms with Gasteiger partial charge < -0.3 is 15.2 Å². The fraction of sp³-hybridized carbons (Fsp3) is 0.429. The molecule has 2 N–H and O–H groups in total. The van der Waals surface area contributed by atoms with Gasteiger partial charge in [-0.2, -0.15) is 0 Å². The molecule has 0 atom stereocenters. The Kier molecular flexibility index (Phi) is 4.06. The predicted molar refractivity (Wildman–Crippen MR) is 114 cm³/mol. The van der Waals surface area contributed by atoms with Crippen LogP contribution in [0.25, 0.3) is 27.8 Å². The molecule has 0 aromatic carbocycles. The van der Waals surface area contributed by atoms with Gasteiger partial charge in [-0.1, -0.05) is 0 Å². The first-order valence-corrected chi connectivity index (χ1v) is 10.1. The maximum atomic E-state index is 5.93. The highest BCUT2D eigenvalue weighted by Crippen LogP contribution is 2.30. The Balaban J connectivity index is 1.54. The standard InChI is InChI=1S/C21H26N8/c1-12(2)29-13(3)25-20-18(29)7-14(10-23-20)17-5-6-28-19(17)11-24-21(26-28)27(4)16-8-15(22)9-16/h5-7,10-12,15-16H,8-9,22H2,1-4H3/t15-,16+. The lowest BCUT2D eigenvalue weighted by molar-refractivity contribution is 0.336. The van der Waals surface area contributed by atoms with E-state index >= 15 is 0 Å². The molecule has 0 amide bonds. The first kappa shape index (κ1) is 18.1. The zero-order valence-corrected chi connectivity index (χ0v) is 17.2. The minimum atomic E-state index is 0.301. The highest BCUT2D eigenvalue weighted by Gasteiger charge is 2.30. The van der Waals surface area contributed by atoms with Crippen LogP contribution in [0.15, 0.2) is 30.7 Å². The maximum Gasteiger partial charge on any atom is 0.243 e. The van der Waals surface area contributed by atoms with E-state index in [1.165, 1.54) is 0 Å². The summed E-state index contributed by atoms with van der Waals surface area (Å²) in [7, 11) is 2.04. The van der Waals surface area contributed by atoms with Crippen LogP contribution in [0, 0.1) is 6.92 Å². The first-order chi connectivity index (χ1) is 13.9. The van der Waals surface area contributed by atoms with Crippen LogP contribution in [0.4, 0.5) is 5.95 Å². The van der Waals surface area contributed by atoms with E-state index in [-0.39, 0.29) is 0 Å². The van der Waals surface area contributed by atoms with E-state index in [9.17, 15) is 0 Å². The molecule has 1 aliphatic rings. The summed E-state index contributed by atoms with van der Waals surface area (Å²) in [5.74, 6) is 1.70. The van der Waals surface area contributed by atoms with Crippen molar-refractivity contribution in [3.05, 3.63) is 36.5 Å². The van der Waals surface area contributed by atoms with Crippen molar-refractivity contribution in [2.45, 2.75) is 51.7 Å². The van der Waals surface area contributed by atoms with Crippen LogP contribution in [0.2, 0.25) is 0 Å². The van der Waals surface area contributed by atoms with Crippen molar-refractivity contribution in [2.75, 3.05) is 11.9 Å². The van der Waals surface area contributed by atoms with Gasteiger partial charge in [0.25, 0.3) is 0 Å². The number of nitrogens with zero attached hydrogens (tertiary/aromatic N) is 7. The molecule has 150 valence electrons. The van der Waals surface area contributed by atoms with E-state index in [1.54, 1.807) is 0 Å². The van der Waals surface area contributed by atoms with Gasteiger partial charge in [0.15, 0.2) is 5.65 Å². The molecule has 1 aliphatic carbocycles. The maximum absolute atomic E-state index is 5.93. The number of aryl methyl sites for hydroxylation is 1. The molecular weight excluding hydrogens is 364 g/mol. The van der Waals surface area contributed by atoms with Gasteiger partial charge in [-0.25, -0.2) is 19.5 Å². The Hall–Kier alpha value is -3.00. The third-order valence-corrected chi connectivity index (χ3v) is 5.97. The number of hydrogen-bond acceptors (Lipinski definition) is 6. The van der Waals surface area contributed by atoms with Gasteiger partial charge >= 0.3 is 0 Å². The van der Waals surface area contributed by atoms with Crippen LogP contribution in [-0.2, 0) is 0 Å². The lowest BCUT2D eigenvalue weighted by Crippen LogP contribution is -2.49. The van der Waals surface area contributed by atoms with Crippen LogP contribution in [0.5, 0.6) is 0 Å². The Morgan fingerprint density at radius 1 is 1.17 bits per heavy atom. The number of hydrogen-bond donors (Lipinski definition) is 1. The Labute approximate surface area is 169 Å². The molecule has 0 bridgehead atoms. The van der Waals surface area contributed by atoms with Crippen LogP contribution in [0.1, 0.15) is 38.6 Å². The smallest absolute Gasteiger partial charge is 0.243 e. The summed E-state index contributed by atoms with van der Waals surface area (Å²) in [6, 6.07) is 5.27. The van der Waals surface area contributed by atoms with Crippen molar-refractivity contribution in [1.29, 1.82) is 0 Å². The molecule has 0 radical (unpaired) electrons. The molecule has 0 saturated heterocycles. The normalized spacial score (nSPS) is 19.2. The molecule has 0 aliphatic heterocycles. The van der Waals surface area contributed by atoms with Gasteiger partial charge in [0.2, 0.25) is 5.95 Å². The molecule has 4 aromatic heterocycles. The molecular formula is C21H26N8. The number of aromatic nitrogens is 6. The number of imidazole rings is 1. The number of pyridine rings is 1. The zero-order chi connectivity index (χ0) is 20.3. The lowest BCUT2D eigenvalue weighted by atomic mass is 9.87. The lowest BCUT2D eigenvalue weighted by Gasteiger charge is -2.39. The Morgan fingerprint density at radius 2 is 1.97 bits per heavy atom. The number of nitrogens with two attached hydrogens (primary N) is 1. The van der Waals surface area contributed by atoms with E-state index in [0.29, 0.717) is 18.1 Å². The molecule has 4 aromatic rings. The highest BCUT2D eigenvalue weighted by molar-refractivity contribution is 5.85. The predicted octanol–water partition coefficient (Wildman–Crippen LogP) is 2.96. The van der Waals surface area contributed by atoms with Crippen LogP contribution in [0.3, 0.4) is 0 Å². The minimum Gasteiger partial charge on any atom is -0.340 e. The van der Waals surface area contributed by atoms with Crippen molar-refractivity contribution >= 4 is 22.6 Å². The third kappa shape index (κ3) is 2.86. The van der Waals surface area contributed by atoms with E-state index in [4.69, 9.17) is 10.8 Å². The van der Waals surface area contributed by atoms with Crippen molar-refractivity contribution < 1.29 is 0 Å². The topological polar surface area (TPSA) is 90.2 Å². The van der Waals surface area contributed by atoms with Gasteiger partial charge in [-0.05, 0) is 45.7 Å². The fourth-order valence-corrected chi connectivity index (χ4v) is 4.30. The second-order valence-corrected chi connectivity index (χ2v) is 8.30. The van der Waals surface area contributed by atoms with Crippen molar-refractivity contribution in [2.24, 2.45) is 5.73 Å². The summed E-state index contributed by atoms with van der Waals surface area (Å²) in [4.78, 5) is 15.9. The van der Waals surface area contributed by atoms with Crippen LogP contribution in [-0.4, -0.2) is 48.3 Å². The first-order valence-electron chi connectivity index (χ1n) is 10.1. The van der Waals surface area contributed by atoms with Crippen molar-refractivity contribution in [3.63, 3.8) is 0 Å². The van der Waals surface area contributed by atoms with Gasteiger partial charge in [-0.3, -0.25) is 0 Å². The van der Waals surface area contributed by atoms with Gasteiger partial charge in [-0.15, -0.1) is 5.10 Å². The van der Waals surface area contributed by atoms with E-state index < -0.39 is 0 Å².